The molecule has 0 radical (unpaired) electrons. The van der Waals surface area contributed by atoms with Crippen LogP contribution in [-0.4, -0.2) is 34.3 Å². The molecule has 0 amide bonds. The average Bonchev–Trinajstić information content (AvgIpc) is 2.64. The molecule has 0 saturated heterocycles. The first-order chi connectivity index (χ1) is 12.7. The van der Waals surface area contributed by atoms with Gasteiger partial charge < -0.3 is 14.6 Å². The lowest BCUT2D eigenvalue weighted by Gasteiger charge is -2.10. The molecule has 3 rings (SSSR count). The number of rotatable bonds is 6. The molecule has 3 aromatic rings. The smallest absolute Gasteiger partial charge is 0.240 e. The second kappa shape index (κ2) is 10.6. The zero-order chi connectivity index (χ0) is 18.8. The predicted octanol–water partition coefficient (Wildman–Crippen LogP) is 3.62. The average molecular weight is 373 g/mol. The van der Waals surface area contributed by atoms with E-state index in [9.17, 15) is 0 Å². The van der Waals surface area contributed by atoms with Gasteiger partial charge in [-0.05, 0) is 38.1 Å². The normalized spacial score (nSPS) is 11.4. The molecule has 2 aromatic heterocycles. The van der Waals surface area contributed by atoms with E-state index in [1.165, 1.54) is 0 Å². The molecule has 0 fully saturated rings. The van der Waals surface area contributed by atoms with Crippen molar-refractivity contribution in [1.29, 1.82) is 0 Å². The highest BCUT2D eigenvalue weighted by atomic mass is 32.1. The Morgan fingerprint density at radius 3 is 2.46 bits per heavy atom. The number of fused-ring (bicyclic) bond motifs is 1. The number of aromatic nitrogens is 2. The lowest BCUT2D eigenvalue weighted by molar-refractivity contribution is 0.200. The number of pyridine rings is 2. The fourth-order valence-corrected chi connectivity index (χ4v) is 2.37. The molecule has 1 atom stereocenters. The third-order valence-corrected chi connectivity index (χ3v) is 3.41. The third kappa shape index (κ3) is 5.87. The largest absolute Gasteiger partial charge is 0.476 e. The molecule has 0 saturated carbocycles. The van der Waals surface area contributed by atoms with Crippen LogP contribution in [0.2, 0.25) is 0 Å². The molecule has 26 heavy (non-hydrogen) atoms. The Balaban J connectivity index is 0.000000352. The van der Waals surface area contributed by atoms with Crippen LogP contribution in [0.15, 0.2) is 54.9 Å². The molecule has 1 unspecified atom stereocenters. The summed E-state index contributed by atoms with van der Waals surface area (Å²) in [6.45, 7) is 4.72. The molecular weight excluding hydrogens is 350 g/mol. The lowest BCUT2D eigenvalue weighted by Crippen LogP contribution is -2.15. The second-order valence-corrected chi connectivity index (χ2v) is 5.70. The van der Waals surface area contributed by atoms with Crippen molar-refractivity contribution >= 4 is 23.7 Å². The van der Waals surface area contributed by atoms with Gasteiger partial charge in [0.05, 0.1) is 18.1 Å². The second-order valence-electron chi connectivity index (χ2n) is 5.38. The summed E-state index contributed by atoms with van der Waals surface area (Å²) in [4.78, 5) is 8.54. The van der Waals surface area contributed by atoms with Crippen LogP contribution in [0.3, 0.4) is 0 Å². The molecule has 2 heterocycles. The van der Waals surface area contributed by atoms with Crippen molar-refractivity contribution < 1.29 is 14.6 Å². The quantitative estimate of drug-likeness (QED) is 0.573. The summed E-state index contributed by atoms with van der Waals surface area (Å²) in [5.74, 6) is 2.06. The molecule has 6 nitrogen and oxygen atoms in total. The van der Waals surface area contributed by atoms with Crippen LogP contribution in [0, 0.1) is 0 Å². The molecular formula is C19H23N3O3S. The van der Waals surface area contributed by atoms with Crippen LogP contribution in [0.25, 0.3) is 10.9 Å². The number of para-hydroxylation sites is 1. The van der Waals surface area contributed by atoms with Crippen molar-refractivity contribution in [2.45, 2.75) is 20.0 Å². The van der Waals surface area contributed by atoms with E-state index >= 15 is 0 Å². The van der Waals surface area contributed by atoms with E-state index in [-0.39, 0.29) is 6.10 Å². The fraction of sp³-hybridized carbons (Fsp3) is 0.263. The molecule has 0 aliphatic heterocycles. The van der Waals surface area contributed by atoms with Crippen molar-refractivity contribution in [3.63, 3.8) is 0 Å². The monoisotopic (exact) mass is 373 g/mol. The van der Waals surface area contributed by atoms with Gasteiger partial charge in [-0.3, -0.25) is 9.71 Å². The van der Waals surface area contributed by atoms with E-state index in [1.54, 1.807) is 19.3 Å². The van der Waals surface area contributed by atoms with Crippen LogP contribution < -0.4 is 14.2 Å². The van der Waals surface area contributed by atoms with E-state index in [0.29, 0.717) is 24.5 Å². The summed E-state index contributed by atoms with van der Waals surface area (Å²) in [6, 6.07) is 13.4. The van der Waals surface area contributed by atoms with Crippen LogP contribution >= 0.6 is 12.8 Å². The standard InChI is InChI=1S/C16H14N2O2.C3H9NOS/c1-2-19-16-15-13(8-10-18-16)14(9-11-17-15)20-12-6-4-3-5-7-12;1-3(5)2-4-6/h3-11H,2H2,1H3;3-6H,2H2,1H3. The topological polar surface area (TPSA) is 76.5 Å². The summed E-state index contributed by atoms with van der Waals surface area (Å²) in [7, 11) is 0. The van der Waals surface area contributed by atoms with Gasteiger partial charge in [0.15, 0.2) is 0 Å². The summed E-state index contributed by atoms with van der Waals surface area (Å²) in [5, 5.41) is 9.33. The van der Waals surface area contributed by atoms with Crippen molar-refractivity contribution in [2.24, 2.45) is 0 Å². The number of benzene rings is 1. The van der Waals surface area contributed by atoms with Gasteiger partial charge in [-0.1, -0.05) is 31.0 Å². The number of hydrogen-bond acceptors (Lipinski definition) is 7. The SMILES string of the molecule is CC(O)CNS.CCOc1nccc2c(Oc3ccccc3)ccnc12. The van der Waals surface area contributed by atoms with Crippen molar-refractivity contribution in [3.05, 3.63) is 54.9 Å². The first kappa shape index (κ1) is 20.0. The van der Waals surface area contributed by atoms with Crippen LogP contribution in [-0.2, 0) is 0 Å². The van der Waals surface area contributed by atoms with Gasteiger partial charge in [0.2, 0.25) is 5.88 Å². The number of aliphatic hydroxyl groups is 1. The number of aliphatic hydroxyl groups excluding tert-OH is 1. The maximum Gasteiger partial charge on any atom is 0.240 e. The molecule has 138 valence electrons. The molecule has 0 aliphatic rings. The highest BCUT2D eigenvalue weighted by Gasteiger charge is 2.09. The van der Waals surface area contributed by atoms with Gasteiger partial charge in [-0.15, -0.1) is 0 Å². The summed E-state index contributed by atoms with van der Waals surface area (Å²) >= 11 is 3.65. The fourth-order valence-electron chi connectivity index (χ4n) is 2.11. The van der Waals surface area contributed by atoms with E-state index < -0.39 is 0 Å². The first-order valence-electron chi connectivity index (χ1n) is 8.30. The Labute approximate surface area is 158 Å². The summed E-state index contributed by atoms with van der Waals surface area (Å²) in [6.07, 6.45) is 3.11. The Kier molecular flexibility index (Phi) is 8.14. The van der Waals surface area contributed by atoms with E-state index in [1.807, 2.05) is 49.4 Å². The van der Waals surface area contributed by atoms with Crippen molar-refractivity contribution in [1.82, 2.24) is 14.7 Å². The van der Waals surface area contributed by atoms with E-state index in [2.05, 4.69) is 27.5 Å². The molecule has 0 aliphatic carbocycles. The van der Waals surface area contributed by atoms with Crippen molar-refractivity contribution in [2.75, 3.05) is 13.2 Å². The number of thiol groups is 1. The first-order valence-corrected chi connectivity index (χ1v) is 8.74. The Morgan fingerprint density at radius 2 is 1.85 bits per heavy atom. The number of hydrogen-bond donors (Lipinski definition) is 3. The van der Waals surface area contributed by atoms with E-state index in [4.69, 9.17) is 14.6 Å². The molecule has 2 N–H and O–H groups in total. The Bertz CT molecular complexity index is 800. The lowest BCUT2D eigenvalue weighted by atomic mass is 10.2. The van der Waals surface area contributed by atoms with Gasteiger partial charge >= 0.3 is 0 Å². The molecule has 7 heteroatoms. The predicted molar refractivity (Wildman–Crippen MR) is 106 cm³/mol. The number of ether oxygens (including phenoxy) is 2. The third-order valence-electron chi connectivity index (χ3n) is 3.22. The molecule has 1 aromatic carbocycles. The maximum absolute atomic E-state index is 8.44. The minimum atomic E-state index is -0.289. The van der Waals surface area contributed by atoms with Gasteiger partial charge in [-0.2, -0.15) is 0 Å². The Morgan fingerprint density at radius 1 is 1.12 bits per heavy atom. The van der Waals surface area contributed by atoms with Crippen molar-refractivity contribution in [3.8, 4) is 17.4 Å². The van der Waals surface area contributed by atoms with Gasteiger partial charge in [-0.25, -0.2) is 4.98 Å². The van der Waals surface area contributed by atoms with Gasteiger partial charge in [0, 0.05) is 18.9 Å². The number of nitrogens with one attached hydrogen (secondary N) is 1. The molecule has 0 bridgehead atoms. The number of nitrogens with zero attached hydrogens (tertiary/aromatic N) is 2. The summed E-state index contributed by atoms with van der Waals surface area (Å²) in [5.41, 5.74) is 0.711. The highest BCUT2D eigenvalue weighted by molar-refractivity contribution is 7.78. The minimum absolute atomic E-state index is 0.289. The van der Waals surface area contributed by atoms with E-state index in [0.717, 1.165) is 16.9 Å². The van der Waals surface area contributed by atoms with Crippen LogP contribution in [0.5, 0.6) is 17.4 Å². The zero-order valence-corrected chi connectivity index (χ0v) is 15.7. The van der Waals surface area contributed by atoms with Crippen LogP contribution in [0.4, 0.5) is 0 Å². The zero-order valence-electron chi connectivity index (χ0n) is 14.8. The molecule has 0 spiro atoms. The van der Waals surface area contributed by atoms with Crippen LogP contribution in [0.1, 0.15) is 13.8 Å². The summed E-state index contributed by atoms with van der Waals surface area (Å²) < 4.78 is 13.9. The maximum atomic E-state index is 8.44. The minimum Gasteiger partial charge on any atom is -0.476 e. The van der Waals surface area contributed by atoms with Gasteiger partial charge in [0.25, 0.3) is 0 Å². The van der Waals surface area contributed by atoms with Gasteiger partial charge in [0.1, 0.15) is 17.0 Å². The Hall–Kier alpha value is -2.35. The highest BCUT2D eigenvalue weighted by Crippen LogP contribution is 2.31.